The molecule has 19 heavy (non-hydrogen) atoms. The van der Waals surface area contributed by atoms with Crippen LogP contribution in [-0.4, -0.2) is 39.4 Å². The summed E-state index contributed by atoms with van der Waals surface area (Å²) in [5.74, 6) is 0. The Kier molecular flexibility index (Phi) is 5.09. The Morgan fingerprint density at radius 3 is 1.68 bits per heavy atom. The van der Waals surface area contributed by atoms with Gasteiger partial charge in [-0.3, -0.25) is 4.98 Å². The molecule has 1 aromatic heterocycles. The molecule has 0 saturated carbocycles. The van der Waals surface area contributed by atoms with E-state index in [0.29, 0.717) is 9.13 Å². The molecule has 1 aromatic rings. The van der Waals surface area contributed by atoms with Crippen LogP contribution in [0.4, 0.5) is 0 Å². The number of aromatic amines is 1. The molecule has 0 radical (unpaired) electrons. The lowest BCUT2D eigenvalue weighted by atomic mass is 10.6. The van der Waals surface area contributed by atoms with Crippen LogP contribution in [0, 0.1) is 0 Å². The van der Waals surface area contributed by atoms with Crippen molar-refractivity contribution in [3.63, 3.8) is 0 Å². The highest BCUT2D eigenvalue weighted by molar-refractivity contribution is 5.32. The highest BCUT2D eigenvalue weighted by Gasteiger charge is 2.08. The van der Waals surface area contributed by atoms with Crippen LogP contribution in [0.2, 0.25) is 0 Å². The summed E-state index contributed by atoms with van der Waals surface area (Å²) in [6.45, 7) is -0.560. The van der Waals surface area contributed by atoms with E-state index in [9.17, 15) is 24.0 Å². The third kappa shape index (κ3) is 3.56. The predicted molar refractivity (Wildman–Crippen MR) is 61.6 cm³/mol. The van der Waals surface area contributed by atoms with Gasteiger partial charge in [-0.25, -0.2) is 43.1 Å². The number of hydrogen-bond acceptors (Lipinski definition) is 7. The van der Waals surface area contributed by atoms with Crippen LogP contribution in [0.3, 0.4) is 0 Å². The molecule has 0 spiro atoms. The zero-order valence-corrected chi connectivity index (χ0v) is 9.66. The van der Waals surface area contributed by atoms with Gasteiger partial charge in [0, 0.05) is 0 Å². The predicted octanol–water partition coefficient (Wildman–Crippen LogP) is -2.63. The zero-order valence-electron chi connectivity index (χ0n) is 9.66. The maximum atomic E-state index is 11.8. The molecule has 10 heteroatoms. The van der Waals surface area contributed by atoms with Crippen LogP contribution in [0.1, 0.15) is 0 Å². The van der Waals surface area contributed by atoms with Crippen LogP contribution < -0.4 is 17.1 Å². The number of hydrogen-bond donors (Lipinski definition) is 1. The van der Waals surface area contributed by atoms with Crippen molar-refractivity contribution in [1.82, 2.24) is 14.1 Å². The van der Waals surface area contributed by atoms with E-state index in [2.05, 4.69) is 9.98 Å². The Morgan fingerprint density at radius 2 is 1.32 bits per heavy atom. The van der Waals surface area contributed by atoms with Crippen molar-refractivity contribution < 1.29 is 9.59 Å². The van der Waals surface area contributed by atoms with Crippen molar-refractivity contribution in [2.75, 3.05) is 13.1 Å². The first-order valence-corrected chi connectivity index (χ1v) is 5.13. The largest absolute Gasteiger partial charge is 0.336 e. The summed E-state index contributed by atoms with van der Waals surface area (Å²) in [7, 11) is 0. The first kappa shape index (κ1) is 14.2. The van der Waals surface area contributed by atoms with Gasteiger partial charge in [0.25, 0.3) is 0 Å². The van der Waals surface area contributed by atoms with Gasteiger partial charge in [-0.1, -0.05) is 0 Å². The molecule has 0 aliphatic rings. The third-order valence-corrected chi connectivity index (χ3v) is 2.17. The van der Waals surface area contributed by atoms with Gasteiger partial charge in [0.15, 0.2) is 0 Å². The number of nitrogens with zero attached hydrogens (tertiary/aromatic N) is 4. The van der Waals surface area contributed by atoms with Crippen molar-refractivity contribution in [2.24, 2.45) is 9.98 Å². The Hall–Kier alpha value is -2.83. The zero-order chi connectivity index (χ0) is 14.3. The number of aromatic nitrogens is 3. The summed E-state index contributed by atoms with van der Waals surface area (Å²) in [6, 6.07) is 0. The van der Waals surface area contributed by atoms with Gasteiger partial charge in [0.2, 0.25) is 12.2 Å². The van der Waals surface area contributed by atoms with E-state index in [0.717, 1.165) is 0 Å². The summed E-state index contributed by atoms with van der Waals surface area (Å²) in [4.78, 5) is 62.8. The molecule has 0 aliphatic carbocycles. The second-order valence-corrected chi connectivity index (χ2v) is 3.27. The molecule has 0 fully saturated rings. The number of H-pyrrole nitrogens is 1. The lowest BCUT2D eigenvalue weighted by Crippen LogP contribution is -2.50. The van der Waals surface area contributed by atoms with Gasteiger partial charge in [0.1, 0.15) is 0 Å². The Morgan fingerprint density at radius 1 is 0.895 bits per heavy atom. The maximum Gasteiger partial charge on any atom is 0.336 e. The smallest absolute Gasteiger partial charge is 0.259 e. The minimum Gasteiger partial charge on any atom is -0.259 e. The highest BCUT2D eigenvalue weighted by Crippen LogP contribution is 1.76. The monoisotopic (exact) mass is 267 g/mol. The summed E-state index contributed by atoms with van der Waals surface area (Å²) in [5.41, 5.74) is -2.66. The summed E-state index contributed by atoms with van der Waals surface area (Å²) in [6.07, 6.45) is 2.53. The number of aliphatic imine (C=N–C) groups is 2. The van der Waals surface area contributed by atoms with Gasteiger partial charge in [-0.05, 0) is 0 Å². The molecule has 1 N–H and O–H groups in total. The molecule has 1 heterocycles. The summed E-state index contributed by atoms with van der Waals surface area (Å²) >= 11 is 0. The van der Waals surface area contributed by atoms with E-state index in [4.69, 9.17) is 0 Å². The van der Waals surface area contributed by atoms with Crippen LogP contribution in [0.15, 0.2) is 24.4 Å². The molecule has 0 aliphatic heterocycles. The number of isocyanates is 2. The fourth-order valence-electron chi connectivity index (χ4n) is 1.33. The van der Waals surface area contributed by atoms with E-state index in [1.54, 1.807) is 0 Å². The van der Waals surface area contributed by atoms with Crippen molar-refractivity contribution in [3.05, 3.63) is 31.5 Å². The lowest BCUT2D eigenvalue weighted by molar-refractivity contribution is 0.513. The van der Waals surface area contributed by atoms with Crippen LogP contribution in [-0.2, 0) is 22.7 Å². The van der Waals surface area contributed by atoms with Crippen molar-refractivity contribution in [1.29, 1.82) is 0 Å². The average molecular weight is 267 g/mol. The van der Waals surface area contributed by atoms with E-state index in [1.165, 1.54) is 12.2 Å². The normalized spacial score (nSPS) is 9.47. The van der Waals surface area contributed by atoms with Crippen molar-refractivity contribution in [3.8, 4) is 0 Å². The van der Waals surface area contributed by atoms with Crippen LogP contribution in [0.25, 0.3) is 0 Å². The molecular weight excluding hydrogens is 258 g/mol. The standard InChI is InChI=1S/C9H9N5O5/c15-5-10-1-3-13-7(17)12-8(18)14(9(13)19)4-2-11-6-16/h1-4H2,(H,12,17,18). The fourth-order valence-corrected chi connectivity index (χ4v) is 1.33. The maximum absolute atomic E-state index is 11.8. The van der Waals surface area contributed by atoms with Crippen molar-refractivity contribution >= 4 is 12.2 Å². The Balaban J connectivity index is 3.18. The average Bonchev–Trinajstić information content (AvgIpc) is 2.37. The minimum absolute atomic E-state index is 0.114. The summed E-state index contributed by atoms with van der Waals surface area (Å²) in [5, 5.41) is 0. The number of nitrogens with one attached hydrogen (secondary N) is 1. The fraction of sp³-hybridized carbons (Fsp3) is 0.444. The Labute approximate surface area is 104 Å². The van der Waals surface area contributed by atoms with Crippen LogP contribution in [0.5, 0.6) is 0 Å². The summed E-state index contributed by atoms with van der Waals surface area (Å²) < 4.78 is 1.43. The molecular formula is C9H9N5O5. The molecule has 0 amide bonds. The van der Waals surface area contributed by atoms with E-state index < -0.39 is 17.1 Å². The number of carbonyl (C=O) groups excluding carboxylic acids is 2. The van der Waals surface area contributed by atoms with E-state index in [-0.39, 0.29) is 26.2 Å². The quantitative estimate of drug-likeness (QED) is 0.444. The van der Waals surface area contributed by atoms with Gasteiger partial charge in [-0.2, -0.15) is 0 Å². The third-order valence-electron chi connectivity index (χ3n) is 2.17. The van der Waals surface area contributed by atoms with Gasteiger partial charge >= 0.3 is 17.1 Å². The van der Waals surface area contributed by atoms with Crippen LogP contribution >= 0.6 is 0 Å². The van der Waals surface area contributed by atoms with Gasteiger partial charge in [-0.15, -0.1) is 0 Å². The molecule has 1 rings (SSSR count). The highest BCUT2D eigenvalue weighted by atomic mass is 16.2. The molecule has 0 aromatic carbocycles. The minimum atomic E-state index is -0.897. The lowest BCUT2D eigenvalue weighted by Gasteiger charge is -2.05. The molecule has 0 unspecified atom stereocenters. The second-order valence-electron chi connectivity index (χ2n) is 3.27. The number of rotatable bonds is 6. The first-order valence-electron chi connectivity index (χ1n) is 5.13. The molecule has 0 saturated heterocycles. The SMILES string of the molecule is O=C=NCCn1c(=O)[nH]c(=O)n(CCN=C=O)c1=O. The second kappa shape index (κ2) is 6.80. The molecule has 10 nitrogen and oxygen atoms in total. The first-order chi connectivity index (χ1) is 9.11. The van der Waals surface area contributed by atoms with Crippen molar-refractivity contribution in [2.45, 2.75) is 13.1 Å². The molecule has 0 atom stereocenters. The topological polar surface area (TPSA) is 136 Å². The molecule has 100 valence electrons. The van der Waals surface area contributed by atoms with Gasteiger partial charge < -0.3 is 0 Å². The van der Waals surface area contributed by atoms with Gasteiger partial charge in [0.05, 0.1) is 26.2 Å². The van der Waals surface area contributed by atoms with E-state index in [1.807, 2.05) is 4.98 Å². The Bertz CT molecular complexity index is 656. The van der Waals surface area contributed by atoms with E-state index >= 15 is 0 Å². The molecule has 0 bridgehead atoms.